The molecule has 18 heavy (non-hydrogen) atoms. The van der Waals surface area contributed by atoms with E-state index in [1.807, 2.05) is 19.2 Å². The van der Waals surface area contributed by atoms with Gasteiger partial charge in [0.25, 0.3) is 0 Å². The van der Waals surface area contributed by atoms with Crippen LogP contribution in [0.2, 0.25) is 5.02 Å². The van der Waals surface area contributed by atoms with Crippen molar-refractivity contribution in [2.75, 3.05) is 7.05 Å². The van der Waals surface area contributed by atoms with Gasteiger partial charge in [-0.1, -0.05) is 11.6 Å². The van der Waals surface area contributed by atoms with E-state index < -0.39 is 0 Å². The second-order valence-electron chi connectivity index (χ2n) is 4.49. The summed E-state index contributed by atoms with van der Waals surface area (Å²) in [7, 11) is 1.97. The highest BCUT2D eigenvalue weighted by Crippen LogP contribution is 2.44. The molecule has 94 valence electrons. The van der Waals surface area contributed by atoms with E-state index in [4.69, 9.17) is 16.6 Å². The van der Waals surface area contributed by atoms with E-state index in [0.29, 0.717) is 10.9 Å². The fourth-order valence-electron chi connectivity index (χ4n) is 1.94. The zero-order valence-electron chi connectivity index (χ0n) is 10.1. The van der Waals surface area contributed by atoms with E-state index in [1.54, 1.807) is 17.5 Å². The quantitative estimate of drug-likeness (QED) is 0.931. The average Bonchev–Trinajstić information content (AvgIpc) is 3.13. The Morgan fingerprint density at radius 1 is 1.44 bits per heavy atom. The lowest BCUT2D eigenvalue weighted by Gasteiger charge is -1.97. The Morgan fingerprint density at radius 3 is 2.89 bits per heavy atom. The molecule has 0 unspecified atom stereocenters. The van der Waals surface area contributed by atoms with Gasteiger partial charge in [0.15, 0.2) is 0 Å². The lowest BCUT2D eigenvalue weighted by molar-refractivity contribution is 0.813. The Labute approximate surface area is 115 Å². The van der Waals surface area contributed by atoms with Crippen LogP contribution in [0, 0.1) is 0 Å². The van der Waals surface area contributed by atoms with Gasteiger partial charge in [-0.05, 0) is 32.0 Å². The number of nitrogens with one attached hydrogen (secondary N) is 1. The van der Waals surface area contributed by atoms with Crippen molar-refractivity contribution in [3.05, 3.63) is 33.9 Å². The molecule has 0 radical (unpaired) electrons. The van der Waals surface area contributed by atoms with E-state index in [1.165, 1.54) is 23.4 Å². The normalized spacial score (nSPS) is 15.0. The first-order chi connectivity index (χ1) is 8.78. The molecule has 1 fully saturated rings. The summed E-state index contributed by atoms with van der Waals surface area (Å²) in [6.07, 6.45) is 4.22. The number of rotatable bonds is 4. The molecule has 0 atom stereocenters. The Morgan fingerprint density at radius 2 is 2.28 bits per heavy atom. The predicted octanol–water partition coefficient (Wildman–Crippen LogP) is 3.46. The average molecular weight is 280 g/mol. The first kappa shape index (κ1) is 12.1. The van der Waals surface area contributed by atoms with Crippen molar-refractivity contribution in [3.63, 3.8) is 0 Å². The molecule has 0 saturated heterocycles. The van der Waals surface area contributed by atoms with Gasteiger partial charge < -0.3 is 5.32 Å². The molecule has 1 saturated carbocycles. The third kappa shape index (κ3) is 2.41. The van der Waals surface area contributed by atoms with Crippen LogP contribution >= 0.6 is 22.9 Å². The van der Waals surface area contributed by atoms with Crippen molar-refractivity contribution in [2.45, 2.75) is 25.3 Å². The second kappa shape index (κ2) is 4.96. The Bertz CT molecular complexity index is 546. The number of thiazole rings is 1. The van der Waals surface area contributed by atoms with E-state index in [-0.39, 0.29) is 0 Å². The maximum absolute atomic E-state index is 5.86. The van der Waals surface area contributed by atoms with Gasteiger partial charge in [-0.3, -0.25) is 4.98 Å². The first-order valence-electron chi connectivity index (χ1n) is 6.04. The maximum atomic E-state index is 5.86. The lowest BCUT2D eigenvalue weighted by atomic mass is 10.2. The fraction of sp³-hybridized carbons (Fsp3) is 0.385. The summed E-state index contributed by atoms with van der Waals surface area (Å²) in [5.74, 6) is 0.672. The largest absolute Gasteiger partial charge is 0.315 e. The molecule has 1 aliphatic carbocycles. The zero-order valence-corrected chi connectivity index (χ0v) is 11.7. The van der Waals surface area contributed by atoms with Crippen LogP contribution in [0.5, 0.6) is 0 Å². The van der Waals surface area contributed by atoms with Crippen LogP contribution in [0.4, 0.5) is 0 Å². The number of nitrogens with zero attached hydrogens (tertiary/aromatic N) is 2. The number of pyridine rings is 1. The predicted molar refractivity (Wildman–Crippen MR) is 75.1 cm³/mol. The summed E-state index contributed by atoms with van der Waals surface area (Å²) in [6.45, 7) is 0.886. The first-order valence-corrected chi connectivity index (χ1v) is 7.23. The SMILES string of the molecule is CNCc1sc(-c2ccc(Cl)cn2)nc1C1CC1. The molecule has 0 aliphatic heterocycles. The third-order valence-electron chi connectivity index (χ3n) is 2.98. The van der Waals surface area contributed by atoms with Gasteiger partial charge in [0.1, 0.15) is 5.01 Å². The van der Waals surface area contributed by atoms with E-state index >= 15 is 0 Å². The summed E-state index contributed by atoms with van der Waals surface area (Å²) >= 11 is 7.59. The molecule has 2 heterocycles. The highest BCUT2D eigenvalue weighted by atomic mass is 35.5. The smallest absolute Gasteiger partial charge is 0.142 e. The van der Waals surface area contributed by atoms with Crippen LogP contribution in [0.3, 0.4) is 0 Å². The minimum atomic E-state index is 0.660. The Kier molecular flexibility index (Phi) is 3.33. The van der Waals surface area contributed by atoms with Gasteiger partial charge in [0.2, 0.25) is 0 Å². The van der Waals surface area contributed by atoms with Crippen molar-refractivity contribution in [3.8, 4) is 10.7 Å². The lowest BCUT2D eigenvalue weighted by Crippen LogP contribution is -2.05. The summed E-state index contributed by atoms with van der Waals surface area (Å²) in [6, 6.07) is 3.79. The molecule has 1 N–H and O–H groups in total. The highest BCUT2D eigenvalue weighted by Gasteiger charge is 2.29. The van der Waals surface area contributed by atoms with Crippen LogP contribution in [0.15, 0.2) is 18.3 Å². The van der Waals surface area contributed by atoms with Crippen LogP contribution in [0.25, 0.3) is 10.7 Å². The van der Waals surface area contributed by atoms with E-state index in [0.717, 1.165) is 17.2 Å². The molecule has 0 bridgehead atoms. The van der Waals surface area contributed by atoms with Crippen molar-refractivity contribution in [2.24, 2.45) is 0 Å². The van der Waals surface area contributed by atoms with Crippen LogP contribution in [-0.2, 0) is 6.54 Å². The van der Waals surface area contributed by atoms with Gasteiger partial charge >= 0.3 is 0 Å². The van der Waals surface area contributed by atoms with E-state index in [9.17, 15) is 0 Å². The third-order valence-corrected chi connectivity index (χ3v) is 4.29. The summed E-state index contributed by atoms with van der Waals surface area (Å²) in [5, 5.41) is 4.87. The molecule has 0 amide bonds. The van der Waals surface area contributed by atoms with Crippen LogP contribution in [0.1, 0.15) is 29.3 Å². The standard InChI is InChI=1S/C13H14ClN3S/c1-15-7-11-12(8-2-3-8)17-13(18-11)10-5-4-9(14)6-16-10/h4-6,8,15H,2-3,7H2,1H3. The van der Waals surface area contributed by atoms with Crippen molar-refractivity contribution in [1.29, 1.82) is 0 Å². The zero-order chi connectivity index (χ0) is 12.5. The molecule has 5 heteroatoms. The van der Waals surface area contributed by atoms with Gasteiger partial charge in [-0.15, -0.1) is 11.3 Å². The minimum absolute atomic E-state index is 0.660. The van der Waals surface area contributed by atoms with E-state index in [2.05, 4.69) is 10.3 Å². The molecule has 1 aliphatic rings. The summed E-state index contributed by atoms with van der Waals surface area (Å²) < 4.78 is 0. The highest BCUT2D eigenvalue weighted by molar-refractivity contribution is 7.15. The van der Waals surface area contributed by atoms with Crippen LogP contribution in [-0.4, -0.2) is 17.0 Å². The monoisotopic (exact) mass is 279 g/mol. The molecule has 0 aromatic carbocycles. The van der Waals surface area contributed by atoms with Crippen molar-refractivity contribution >= 4 is 22.9 Å². The molecule has 2 aromatic rings. The van der Waals surface area contributed by atoms with Crippen LogP contribution < -0.4 is 5.32 Å². The maximum Gasteiger partial charge on any atom is 0.142 e. The van der Waals surface area contributed by atoms with Gasteiger partial charge in [-0.25, -0.2) is 4.98 Å². The fourth-order valence-corrected chi connectivity index (χ4v) is 3.19. The Balaban J connectivity index is 1.96. The summed E-state index contributed by atoms with van der Waals surface area (Å²) in [5.41, 5.74) is 2.18. The Hall–Kier alpha value is -0.970. The molecule has 3 rings (SSSR count). The second-order valence-corrected chi connectivity index (χ2v) is 6.01. The number of aromatic nitrogens is 2. The molecule has 0 spiro atoms. The topological polar surface area (TPSA) is 37.8 Å². The number of hydrogen-bond donors (Lipinski definition) is 1. The summed E-state index contributed by atoms with van der Waals surface area (Å²) in [4.78, 5) is 10.4. The molecule has 2 aromatic heterocycles. The number of hydrogen-bond acceptors (Lipinski definition) is 4. The minimum Gasteiger partial charge on any atom is -0.315 e. The van der Waals surface area contributed by atoms with Gasteiger partial charge in [0, 0.05) is 23.5 Å². The van der Waals surface area contributed by atoms with Crippen molar-refractivity contribution < 1.29 is 0 Å². The molecular formula is C13H14ClN3S. The van der Waals surface area contributed by atoms with Gasteiger partial charge in [0.05, 0.1) is 16.4 Å². The van der Waals surface area contributed by atoms with Gasteiger partial charge in [-0.2, -0.15) is 0 Å². The van der Waals surface area contributed by atoms with Crippen molar-refractivity contribution in [1.82, 2.24) is 15.3 Å². The molecule has 3 nitrogen and oxygen atoms in total. The number of halogens is 1. The molecular weight excluding hydrogens is 266 g/mol.